The summed E-state index contributed by atoms with van der Waals surface area (Å²) < 4.78 is 27.9. The SMILES string of the molecule is CC[C@H](C)c1ccccc1NS(=O)(=O)c1ccc(CCC(=O)[O-])cc1. The second kappa shape index (κ2) is 8.16. The summed E-state index contributed by atoms with van der Waals surface area (Å²) >= 11 is 0. The Balaban J connectivity index is 2.21. The number of carbonyl (C=O) groups excluding carboxylic acids is 1. The van der Waals surface area contributed by atoms with Crippen molar-refractivity contribution >= 4 is 21.7 Å². The first-order valence-electron chi connectivity index (χ1n) is 8.24. The van der Waals surface area contributed by atoms with Crippen LogP contribution in [0.15, 0.2) is 53.4 Å². The molecule has 6 heteroatoms. The van der Waals surface area contributed by atoms with Crippen molar-refractivity contribution in [3.8, 4) is 0 Å². The minimum Gasteiger partial charge on any atom is -0.550 e. The molecule has 2 aromatic rings. The predicted octanol–water partition coefficient (Wildman–Crippen LogP) is 2.68. The molecule has 0 fully saturated rings. The number of hydrogen-bond acceptors (Lipinski definition) is 4. The van der Waals surface area contributed by atoms with Crippen LogP contribution < -0.4 is 9.83 Å². The Kier molecular flexibility index (Phi) is 6.20. The Morgan fingerprint density at radius 2 is 1.76 bits per heavy atom. The Bertz CT molecular complexity index is 829. The van der Waals surface area contributed by atoms with Gasteiger partial charge in [0.2, 0.25) is 0 Å². The van der Waals surface area contributed by atoms with Gasteiger partial charge in [-0.25, -0.2) is 8.42 Å². The molecule has 0 spiro atoms. The van der Waals surface area contributed by atoms with Gasteiger partial charge in [0.1, 0.15) is 0 Å². The van der Waals surface area contributed by atoms with E-state index in [1.165, 1.54) is 12.1 Å². The van der Waals surface area contributed by atoms with Gasteiger partial charge >= 0.3 is 0 Å². The third-order valence-electron chi connectivity index (χ3n) is 4.20. The van der Waals surface area contributed by atoms with Crippen molar-refractivity contribution in [2.24, 2.45) is 0 Å². The minimum absolute atomic E-state index is 0.0906. The van der Waals surface area contributed by atoms with E-state index < -0.39 is 16.0 Å². The van der Waals surface area contributed by atoms with Crippen LogP contribution in [0.4, 0.5) is 5.69 Å². The predicted molar refractivity (Wildman–Crippen MR) is 95.7 cm³/mol. The molecule has 0 amide bonds. The van der Waals surface area contributed by atoms with Gasteiger partial charge in [-0.1, -0.05) is 44.2 Å². The van der Waals surface area contributed by atoms with Gasteiger partial charge in [0.25, 0.3) is 10.0 Å². The quantitative estimate of drug-likeness (QED) is 0.784. The van der Waals surface area contributed by atoms with E-state index >= 15 is 0 Å². The highest BCUT2D eigenvalue weighted by molar-refractivity contribution is 7.92. The molecule has 0 bridgehead atoms. The number of aliphatic carboxylic acids is 1. The van der Waals surface area contributed by atoms with E-state index in [9.17, 15) is 18.3 Å². The summed E-state index contributed by atoms with van der Waals surface area (Å²) in [5, 5.41) is 10.5. The molecular formula is C19H22NO4S-. The van der Waals surface area contributed by atoms with E-state index in [4.69, 9.17) is 0 Å². The average molecular weight is 360 g/mol. The fraction of sp³-hybridized carbons (Fsp3) is 0.316. The number of carbonyl (C=O) groups is 1. The highest BCUT2D eigenvalue weighted by Crippen LogP contribution is 2.28. The van der Waals surface area contributed by atoms with Crippen LogP contribution in [0.2, 0.25) is 0 Å². The van der Waals surface area contributed by atoms with E-state index in [1.54, 1.807) is 24.3 Å². The van der Waals surface area contributed by atoms with Gasteiger partial charge in [-0.15, -0.1) is 0 Å². The van der Waals surface area contributed by atoms with Crippen molar-refractivity contribution in [3.63, 3.8) is 0 Å². The summed E-state index contributed by atoms with van der Waals surface area (Å²) in [6, 6.07) is 13.6. The lowest BCUT2D eigenvalue weighted by molar-refractivity contribution is -0.305. The van der Waals surface area contributed by atoms with Gasteiger partial charge in [-0.2, -0.15) is 0 Å². The van der Waals surface area contributed by atoms with Crippen LogP contribution >= 0.6 is 0 Å². The molecule has 0 saturated heterocycles. The molecule has 0 heterocycles. The van der Waals surface area contributed by atoms with Crippen LogP contribution in [0, 0.1) is 0 Å². The number of nitrogens with one attached hydrogen (secondary N) is 1. The maximum atomic E-state index is 12.6. The number of carboxylic acid groups (broad SMARTS) is 1. The maximum absolute atomic E-state index is 12.6. The van der Waals surface area contributed by atoms with Gasteiger partial charge < -0.3 is 9.90 Å². The highest BCUT2D eigenvalue weighted by atomic mass is 32.2. The van der Waals surface area contributed by atoms with Crippen molar-refractivity contribution < 1.29 is 18.3 Å². The Labute approximate surface area is 148 Å². The standard InChI is InChI=1S/C19H23NO4S/c1-3-14(2)17-6-4-5-7-18(17)20-25(23,24)16-11-8-15(9-12-16)10-13-19(21)22/h4-9,11-12,14,20H,3,10,13H2,1-2H3,(H,21,22)/p-1/t14-/m0/s1. The van der Waals surface area contributed by atoms with Crippen LogP contribution in [0.1, 0.15) is 43.7 Å². The highest BCUT2D eigenvalue weighted by Gasteiger charge is 2.17. The van der Waals surface area contributed by atoms with Gasteiger partial charge in [0, 0.05) is 5.97 Å². The first kappa shape index (κ1) is 19.0. The molecule has 2 rings (SSSR count). The number of benzene rings is 2. The lowest BCUT2D eigenvalue weighted by Gasteiger charge is -2.16. The zero-order valence-electron chi connectivity index (χ0n) is 14.4. The van der Waals surface area contributed by atoms with E-state index in [1.807, 2.05) is 12.1 Å². The molecule has 0 aliphatic rings. The number of aryl methyl sites for hydroxylation is 1. The number of rotatable bonds is 8. The van der Waals surface area contributed by atoms with Crippen LogP contribution in [-0.2, 0) is 21.2 Å². The minimum atomic E-state index is -3.70. The molecule has 2 aromatic carbocycles. The molecule has 0 aliphatic heterocycles. The maximum Gasteiger partial charge on any atom is 0.261 e. The second-order valence-corrected chi connectivity index (χ2v) is 7.70. The van der Waals surface area contributed by atoms with Crippen molar-refractivity contribution in [2.75, 3.05) is 4.72 Å². The lowest BCUT2D eigenvalue weighted by atomic mass is 9.97. The summed E-state index contributed by atoms with van der Waals surface area (Å²) in [6.45, 7) is 4.11. The van der Waals surface area contributed by atoms with Crippen LogP contribution in [0.25, 0.3) is 0 Å². The Morgan fingerprint density at radius 3 is 2.36 bits per heavy atom. The van der Waals surface area contributed by atoms with Crippen molar-refractivity contribution in [3.05, 3.63) is 59.7 Å². The first-order chi connectivity index (χ1) is 11.8. The van der Waals surface area contributed by atoms with Crippen LogP contribution in [0.5, 0.6) is 0 Å². The fourth-order valence-electron chi connectivity index (χ4n) is 2.52. The summed E-state index contributed by atoms with van der Waals surface area (Å²) in [7, 11) is -3.70. The van der Waals surface area contributed by atoms with Crippen molar-refractivity contribution in [2.45, 2.75) is 43.9 Å². The van der Waals surface area contributed by atoms with E-state index in [0.29, 0.717) is 12.1 Å². The van der Waals surface area contributed by atoms with Crippen molar-refractivity contribution in [1.82, 2.24) is 0 Å². The van der Waals surface area contributed by atoms with Gasteiger partial charge in [-0.05, 0) is 54.5 Å². The van der Waals surface area contributed by atoms with Gasteiger partial charge in [0.05, 0.1) is 10.6 Å². The third-order valence-corrected chi connectivity index (χ3v) is 5.58. The third kappa shape index (κ3) is 5.06. The zero-order chi connectivity index (χ0) is 18.4. The normalized spacial score (nSPS) is 12.6. The molecule has 5 nitrogen and oxygen atoms in total. The topological polar surface area (TPSA) is 86.3 Å². The zero-order valence-corrected chi connectivity index (χ0v) is 15.2. The molecule has 25 heavy (non-hydrogen) atoms. The van der Waals surface area contributed by atoms with E-state index in [0.717, 1.165) is 17.5 Å². The van der Waals surface area contributed by atoms with Gasteiger partial charge in [-0.3, -0.25) is 4.72 Å². The average Bonchev–Trinajstić information content (AvgIpc) is 2.60. The smallest absolute Gasteiger partial charge is 0.261 e. The molecule has 0 unspecified atom stereocenters. The molecule has 0 radical (unpaired) electrons. The summed E-state index contributed by atoms with van der Waals surface area (Å²) in [4.78, 5) is 10.6. The van der Waals surface area contributed by atoms with E-state index in [-0.39, 0.29) is 17.2 Å². The Hall–Kier alpha value is -2.34. The number of para-hydroxylation sites is 1. The van der Waals surface area contributed by atoms with Gasteiger partial charge in [0.15, 0.2) is 0 Å². The molecule has 0 aliphatic carbocycles. The summed E-state index contributed by atoms with van der Waals surface area (Å²) in [5.74, 6) is -0.883. The van der Waals surface area contributed by atoms with Crippen LogP contribution in [-0.4, -0.2) is 14.4 Å². The monoisotopic (exact) mass is 360 g/mol. The summed E-state index contributed by atoms with van der Waals surface area (Å²) in [5.41, 5.74) is 2.29. The fourth-order valence-corrected chi connectivity index (χ4v) is 3.61. The molecule has 0 aromatic heterocycles. The molecular weight excluding hydrogens is 338 g/mol. The Morgan fingerprint density at radius 1 is 1.12 bits per heavy atom. The molecule has 1 atom stereocenters. The number of hydrogen-bond donors (Lipinski definition) is 1. The molecule has 134 valence electrons. The number of anilines is 1. The number of sulfonamides is 1. The van der Waals surface area contributed by atoms with Crippen LogP contribution in [0.3, 0.4) is 0 Å². The molecule has 0 saturated carbocycles. The van der Waals surface area contributed by atoms with E-state index in [2.05, 4.69) is 18.6 Å². The molecule has 1 N–H and O–H groups in total. The first-order valence-corrected chi connectivity index (χ1v) is 9.72. The van der Waals surface area contributed by atoms with Crippen molar-refractivity contribution in [1.29, 1.82) is 0 Å². The number of carboxylic acids is 1. The summed E-state index contributed by atoms with van der Waals surface area (Å²) in [6.07, 6.45) is 1.13. The largest absolute Gasteiger partial charge is 0.550 e. The second-order valence-electron chi connectivity index (χ2n) is 6.02. The lowest BCUT2D eigenvalue weighted by Crippen LogP contribution is -2.22.